The van der Waals surface area contributed by atoms with Gasteiger partial charge in [-0.2, -0.15) is 0 Å². The van der Waals surface area contributed by atoms with E-state index >= 15 is 0 Å². The first-order chi connectivity index (χ1) is 9.15. The SMILES string of the molecule is O=[N+]([O-])c1ccc(/C=C2\[C@@H](O)C3CCN2CC3)cc1. The molecule has 0 radical (unpaired) electrons. The summed E-state index contributed by atoms with van der Waals surface area (Å²) in [5, 5.41) is 20.8. The number of nitro groups is 1. The number of nitro benzene ring substituents is 1. The van der Waals surface area contributed by atoms with E-state index < -0.39 is 11.0 Å². The number of hydrogen-bond donors (Lipinski definition) is 1. The summed E-state index contributed by atoms with van der Waals surface area (Å²) < 4.78 is 0. The first kappa shape index (κ1) is 12.2. The molecule has 0 amide bonds. The van der Waals surface area contributed by atoms with E-state index in [0.29, 0.717) is 5.92 Å². The van der Waals surface area contributed by atoms with Crippen LogP contribution in [0, 0.1) is 16.0 Å². The lowest BCUT2D eigenvalue weighted by Gasteiger charge is -2.45. The van der Waals surface area contributed by atoms with Crippen LogP contribution in [0.25, 0.3) is 6.08 Å². The Morgan fingerprint density at radius 3 is 2.42 bits per heavy atom. The summed E-state index contributed by atoms with van der Waals surface area (Å²) in [5.74, 6) is 0.370. The zero-order valence-corrected chi connectivity index (χ0v) is 10.5. The highest BCUT2D eigenvalue weighted by atomic mass is 16.6. The van der Waals surface area contributed by atoms with Crippen LogP contribution in [0.4, 0.5) is 5.69 Å². The van der Waals surface area contributed by atoms with E-state index in [1.54, 1.807) is 12.1 Å². The molecule has 3 fully saturated rings. The molecular formula is C14H16N2O3. The Labute approximate surface area is 111 Å². The van der Waals surface area contributed by atoms with E-state index in [9.17, 15) is 15.2 Å². The average molecular weight is 260 g/mol. The molecule has 0 unspecified atom stereocenters. The molecule has 3 aliphatic heterocycles. The van der Waals surface area contributed by atoms with Crippen LogP contribution in [0.1, 0.15) is 18.4 Å². The van der Waals surface area contributed by atoms with E-state index in [1.165, 1.54) is 12.1 Å². The van der Waals surface area contributed by atoms with Gasteiger partial charge in [-0.05, 0) is 42.5 Å². The molecule has 4 rings (SSSR count). The van der Waals surface area contributed by atoms with Gasteiger partial charge in [0.05, 0.1) is 11.0 Å². The number of non-ortho nitro benzene ring substituents is 1. The van der Waals surface area contributed by atoms with E-state index in [1.807, 2.05) is 6.08 Å². The fourth-order valence-electron chi connectivity index (χ4n) is 2.94. The van der Waals surface area contributed by atoms with Gasteiger partial charge in [0.25, 0.3) is 5.69 Å². The summed E-state index contributed by atoms with van der Waals surface area (Å²) in [4.78, 5) is 12.4. The van der Waals surface area contributed by atoms with Crippen LogP contribution < -0.4 is 0 Å². The van der Waals surface area contributed by atoms with Gasteiger partial charge in [-0.1, -0.05) is 0 Å². The Morgan fingerprint density at radius 2 is 1.89 bits per heavy atom. The van der Waals surface area contributed by atoms with Crippen molar-refractivity contribution in [3.63, 3.8) is 0 Å². The largest absolute Gasteiger partial charge is 0.387 e. The number of fused-ring (bicyclic) bond motifs is 3. The highest BCUT2D eigenvalue weighted by Gasteiger charge is 2.36. The zero-order valence-electron chi connectivity index (χ0n) is 10.5. The van der Waals surface area contributed by atoms with Gasteiger partial charge < -0.3 is 10.0 Å². The van der Waals surface area contributed by atoms with Gasteiger partial charge in [0.15, 0.2) is 0 Å². The predicted octanol–water partition coefficient (Wildman–Crippen LogP) is 2.02. The third-order valence-corrected chi connectivity index (χ3v) is 4.07. The third kappa shape index (κ3) is 2.21. The normalized spacial score (nSPS) is 27.8. The van der Waals surface area contributed by atoms with Crippen LogP contribution in [0.5, 0.6) is 0 Å². The molecule has 5 heteroatoms. The molecule has 0 saturated carbocycles. The summed E-state index contributed by atoms with van der Waals surface area (Å²) >= 11 is 0. The minimum Gasteiger partial charge on any atom is -0.387 e. The lowest BCUT2D eigenvalue weighted by Crippen LogP contribution is -2.48. The molecule has 1 aromatic rings. The molecule has 0 aliphatic carbocycles. The smallest absolute Gasteiger partial charge is 0.269 e. The Bertz CT molecular complexity index is 512. The molecule has 3 aliphatic rings. The third-order valence-electron chi connectivity index (χ3n) is 4.07. The highest BCUT2D eigenvalue weighted by Crippen LogP contribution is 2.35. The maximum absolute atomic E-state index is 10.6. The van der Waals surface area contributed by atoms with Gasteiger partial charge in [-0.15, -0.1) is 0 Å². The van der Waals surface area contributed by atoms with Crippen LogP contribution in [0.15, 0.2) is 30.0 Å². The monoisotopic (exact) mass is 260 g/mol. The zero-order chi connectivity index (χ0) is 13.4. The van der Waals surface area contributed by atoms with Crippen LogP contribution in [0.2, 0.25) is 0 Å². The summed E-state index contributed by atoms with van der Waals surface area (Å²) in [6, 6.07) is 6.44. The van der Waals surface area contributed by atoms with Gasteiger partial charge in [0.2, 0.25) is 0 Å². The minimum absolute atomic E-state index is 0.0909. The van der Waals surface area contributed by atoms with Crippen molar-refractivity contribution >= 4 is 11.8 Å². The van der Waals surface area contributed by atoms with Gasteiger partial charge in [-0.3, -0.25) is 10.1 Å². The van der Waals surface area contributed by atoms with Crippen molar-refractivity contribution in [2.75, 3.05) is 13.1 Å². The van der Waals surface area contributed by atoms with E-state index in [-0.39, 0.29) is 5.69 Å². The predicted molar refractivity (Wildman–Crippen MR) is 71.4 cm³/mol. The van der Waals surface area contributed by atoms with Gasteiger partial charge in [0, 0.05) is 30.9 Å². The quantitative estimate of drug-likeness (QED) is 0.652. The number of nitrogens with zero attached hydrogens (tertiary/aromatic N) is 2. The lowest BCUT2D eigenvalue weighted by molar-refractivity contribution is -0.384. The molecule has 1 N–H and O–H groups in total. The second-order valence-corrected chi connectivity index (χ2v) is 5.19. The molecular weight excluding hydrogens is 244 g/mol. The Balaban J connectivity index is 1.86. The van der Waals surface area contributed by atoms with E-state index in [2.05, 4.69) is 4.90 Å². The number of benzene rings is 1. The molecule has 3 saturated heterocycles. The van der Waals surface area contributed by atoms with Crippen molar-refractivity contribution < 1.29 is 10.0 Å². The Morgan fingerprint density at radius 1 is 1.26 bits per heavy atom. The van der Waals surface area contributed by atoms with Crippen LogP contribution in [0.3, 0.4) is 0 Å². The maximum atomic E-state index is 10.6. The van der Waals surface area contributed by atoms with Crippen molar-refractivity contribution in [3.8, 4) is 0 Å². The standard InChI is InChI=1S/C14H16N2O3/c17-14-11-5-7-15(8-6-11)13(14)9-10-1-3-12(4-2-10)16(18)19/h1-4,9,11,14,17H,5-8H2/b13-9+/t14-/m0/s1. The Hall–Kier alpha value is -1.88. The van der Waals surface area contributed by atoms with E-state index in [4.69, 9.17) is 0 Å². The lowest BCUT2D eigenvalue weighted by atomic mass is 9.83. The van der Waals surface area contributed by atoms with Crippen molar-refractivity contribution in [1.29, 1.82) is 0 Å². The van der Waals surface area contributed by atoms with Crippen molar-refractivity contribution in [3.05, 3.63) is 45.6 Å². The number of piperidine rings is 3. The van der Waals surface area contributed by atoms with Crippen molar-refractivity contribution in [2.24, 2.45) is 5.92 Å². The molecule has 3 heterocycles. The van der Waals surface area contributed by atoms with Gasteiger partial charge in [0.1, 0.15) is 0 Å². The second-order valence-electron chi connectivity index (χ2n) is 5.19. The molecule has 0 spiro atoms. The number of hydrogen-bond acceptors (Lipinski definition) is 4. The molecule has 100 valence electrons. The molecule has 1 atom stereocenters. The van der Waals surface area contributed by atoms with E-state index in [0.717, 1.165) is 37.2 Å². The molecule has 0 aromatic heterocycles. The van der Waals surface area contributed by atoms with Gasteiger partial charge in [-0.25, -0.2) is 0 Å². The Kier molecular flexibility index (Phi) is 2.98. The van der Waals surface area contributed by atoms with Gasteiger partial charge >= 0.3 is 0 Å². The summed E-state index contributed by atoms with van der Waals surface area (Å²) in [6.07, 6.45) is 3.66. The summed E-state index contributed by atoms with van der Waals surface area (Å²) in [5.41, 5.74) is 1.94. The van der Waals surface area contributed by atoms with Crippen LogP contribution >= 0.6 is 0 Å². The minimum atomic E-state index is -0.405. The number of aliphatic hydroxyl groups is 1. The first-order valence-electron chi connectivity index (χ1n) is 6.54. The molecule has 2 bridgehead atoms. The fourth-order valence-corrected chi connectivity index (χ4v) is 2.94. The van der Waals surface area contributed by atoms with Crippen LogP contribution in [-0.2, 0) is 0 Å². The topological polar surface area (TPSA) is 66.6 Å². The van der Waals surface area contributed by atoms with Crippen molar-refractivity contribution in [2.45, 2.75) is 18.9 Å². The molecule has 19 heavy (non-hydrogen) atoms. The first-order valence-corrected chi connectivity index (χ1v) is 6.54. The second kappa shape index (κ2) is 4.66. The summed E-state index contributed by atoms with van der Waals surface area (Å²) in [6.45, 7) is 2.00. The molecule has 1 aromatic carbocycles. The summed E-state index contributed by atoms with van der Waals surface area (Å²) in [7, 11) is 0. The fraction of sp³-hybridized carbons (Fsp3) is 0.429. The maximum Gasteiger partial charge on any atom is 0.269 e. The molecule has 5 nitrogen and oxygen atoms in total. The number of aliphatic hydroxyl groups excluding tert-OH is 1. The average Bonchev–Trinajstić information content (AvgIpc) is 2.44. The van der Waals surface area contributed by atoms with Crippen molar-refractivity contribution in [1.82, 2.24) is 4.90 Å². The number of rotatable bonds is 2. The van der Waals surface area contributed by atoms with Crippen LogP contribution in [-0.4, -0.2) is 34.1 Å². The highest BCUT2D eigenvalue weighted by molar-refractivity contribution is 5.56.